The smallest absolute Gasteiger partial charge is 0.317 e. The molecule has 0 bridgehead atoms. The largest absolute Gasteiger partial charge is 0.494 e. The number of hydrogen-bond donors (Lipinski definition) is 1. The Bertz CT molecular complexity index is 584. The number of nitrogens with zero attached hydrogens (tertiary/aromatic N) is 1. The lowest BCUT2D eigenvalue weighted by Gasteiger charge is -2.17. The first-order chi connectivity index (χ1) is 10.6. The van der Waals surface area contributed by atoms with E-state index >= 15 is 0 Å². The Kier molecular flexibility index (Phi) is 6.27. The van der Waals surface area contributed by atoms with Crippen LogP contribution in [0.2, 0.25) is 0 Å². The normalized spacial score (nSPS) is 10.3. The molecule has 0 radical (unpaired) electrons. The van der Waals surface area contributed by atoms with Crippen molar-refractivity contribution in [2.24, 2.45) is 0 Å². The van der Waals surface area contributed by atoms with E-state index in [1.165, 1.54) is 5.56 Å². The number of thiophene rings is 1. The van der Waals surface area contributed by atoms with E-state index in [4.69, 9.17) is 4.74 Å². The quantitative estimate of drug-likeness (QED) is 0.792. The van der Waals surface area contributed by atoms with Crippen LogP contribution in [0.15, 0.2) is 41.1 Å². The van der Waals surface area contributed by atoms with E-state index in [0.717, 1.165) is 17.7 Å². The van der Waals surface area contributed by atoms with Gasteiger partial charge in [-0.2, -0.15) is 11.3 Å². The first-order valence-electron chi connectivity index (χ1n) is 7.34. The van der Waals surface area contributed by atoms with Gasteiger partial charge in [0.2, 0.25) is 0 Å². The van der Waals surface area contributed by atoms with Gasteiger partial charge >= 0.3 is 6.03 Å². The van der Waals surface area contributed by atoms with Crippen molar-refractivity contribution < 1.29 is 9.53 Å². The lowest BCUT2D eigenvalue weighted by atomic mass is 10.2. The summed E-state index contributed by atoms with van der Waals surface area (Å²) in [7, 11) is 1.80. The summed E-state index contributed by atoms with van der Waals surface area (Å²) in [5.74, 6) is 0.876. The number of benzene rings is 1. The van der Waals surface area contributed by atoms with Crippen molar-refractivity contribution in [1.29, 1.82) is 0 Å². The molecule has 118 valence electrons. The predicted molar refractivity (Wildman–Crippen MR) is 90.5 cm³/mol. The van der Waals surface area contributed by atoms with Crippen LogP contribution in [0.3, 0.4) is 0 Å². The summed E-state index contributed by atoms with van der Waals surface area (Å²) in [6.07, 6.45) is 0.784. The fourth-order valence-corrected chi connectivity index (χ4v) is 2.69. The molecule has 1 aromatic heterocycles. The van der Waals surface area contributed by atoms with Gasteiger partial charge < -0.3 is 15.0 Å². The minimum atomic E-state index is -0.0539. The minimum Gasteiger partial charge on any atom is -0.494 e. The zero-order valence-corrected chi connectivity index (χ0v) is 13.9. The molecular formula is C17H22N2O2S. The summed E-state index contributed by atoms with van der Waals surface area (Å²) in [5.41, 5.74) is 2.34. The molecule has 0 aliphatic rings. The highest BCUT2D eigenvalue weighted by Crippen LogP contribution is 2.12. The highest BCUT2D eigenvalue weighted by Gasteiger charge is 2.08. The number of ether oxygens (including phenoxy) is 1. The van der Waals surface area contributed by atoms with Crippen molar-refractivity contribution >= 4 is 17.4 Å². The van der Waals surface area contributed by atoms with Gasteiger partial charge in [-0.05, 0) is 53.4 Å². The number of carbonyl (C=O) groups is 1. The van der Waals surface area contributed by atoms with Gasteiger partial charge in [-0.3, -0.25) is 0 Å². The zero-order chi connectivity index (χ0) is 15.8. The average Bonchev–Trinajstić information content (AvgIpc) is 2.99. The Hall–Kier alpha value is -2.01. The number of carbonyl (C=O) groups excluding carboxylic acids is 1. The number of amides is 2. The average molecular weight is 318 g/mol. The first-order valence-corrected chi connectivity index (χ1v) is 8.29. The molecule has 4 nitrogen and oxygen atoms in total. The summed E-state index contributed by atoms with van der Waals surface area (Å²) >= 11 is 1.64. The molecule has 2 amide bonds. The number of urea groups is 1. The Morgan fingerprint density at radius 2 is 2.23 bits per heavy atom. The van der Waals surface area contributed by atoms with Gasteiger partial charge in [0.05, 0.1) is 6.61 Å². The van der Waals surface area contributed by atoms with Gasteiger partial charge in [-0.25, -0.2) is 4.79 Å². The summed E-state index contributed by atoms with van der Waals surface area (Å²) < 4.78 is 5.65. The maximum Gasteiger partial charge on any atom is 0.317 e. The lowest BCUT2D eigenvalue weighted by molar-refractivity contribution is 0.205. The monoisotopic (exact) mass is 318 g/mol. The van der Waals surface area contributed by atoms with E-state index in [2.05, 4.69) is 10.7 Å². The maximum absolute atomic E-state index is 11.9. The van der Waals surface area contributed by atoms with E-state index in [0.29, 0.717) is 19.7 Å². The minimum absolute atomic E-state index is 0.0539. The lowest BCUT2D eigenvalue weighted by Crippen LogP contribution is -2.37. The Morgan fingerprint density at radius 1 is 1.36 bits per heavy atom. The summed E-state index contributed by atoms with van der Waals surface area (Å²) in [6.45, 7) is 3.88. The second kappa shape index (κ2) is 8.44. The molecule has 0 fully saturated rings. The van der Waals surface area contributed by atoms with Crippen molar-refractivity contribution in [3.05, 3.63) is 52.2 Å². The van der Waals surface area contributed by atoms with Crippen molar-refractivity contribution in [3.63, 3.8) is 0 Å². The molecule has 0 spiro atoms. The van der Waals surface area contributed by atoms with Crippen LogP contribution in [0.25, 0.3) is 0 Å². The topological polar surface area (TPSA) is 41.6 Å². The van der Waals surface area contributed by atoms with E-state index in [9.17, 15) is 4.79 Å². The number of rotatable bonds is 7. The fourth-order valence-electron chi connectivity index (χ4n) is 2.03. The van der Waals surface area contributed by atoms with Crippen LogP contribution in [-0.4, -0.2) is 31.1 Å². The number of nitrogens with one attached hydrogen (secondary N) is 1. The fraction of sp³-hybridized carbons (Fsp3) is 0.353. The second-order valence-electron chi connectivity index (χ2n) is 5.24. The Morgan fingerprint density at radius 3 is 2.95 bits per heavy atom. The highest BCUT2D eigenvalue weighted by molar-refractivity contribution is 7.07. The molecule has 22 heavy (non-hydrogen) atoms. The van der Waals surface area contributed by atoms with Gasteiger partial charge in [-0.1, -0.05) is 12.1 Å². The molecule has 2 aromatic rings. The predicted octanol–water partition coefficient (Wildman–Crippen LogP) is 3.67. The van der Waals surface area contributed by atoms with Crippen LogP contribution in [-0.2, 0) is 6.54 Å². The Labute approximate surface area is 135 Å². The maximum atomic E-state index is 11.9. The molecule has 0 atom stereocenters. The molecule has 1 heterocycles. The Balaban J connectivity index is 1.60. The summed E-state index contributed by atoms with van der Waals surface area (Å²) in [4.78, 5) is 13.6. The molecule has 5 heteroatoms. The van der Waals surface area contributed by atoms with Crippen LogP contribution in [0, 0.1) is 6.92 Å². The molecule has 0 unspecified atom stereocenters. The summed E-state index contributed by atoms with van der Waals surface area (Å²) in [5, 5.41) is 6.98. The molecule has 0 saturated heterocycles. The molecule has 0 aliphatic carbocycles. The van der Waals surface area contributed by atoms with Crippen molar-refractivity contribution in [2.75, 3.05) is 20.2 Å². The third kappa shape index (κ3) is 5.41. The van der Waals surface area contributed by atoms with Crippen LogP contribution < -0.4 is 10.1 Å². The zero-order valence-electron chi connectivity index (χ0n) is 13.0. The van der Waals surface area contributed by atoms with Gasteiger partial charge in [0.25, 0.3) is 0 Å². The molecule has 0 aliphatic heterocycles. The molecular weight excluding hydrogens is 296 g/mol. The van der Waals surface area contributed by atoms with Crippen LogP contribution in [0.5, 0.6) is 5.75 Å². The van der Waals surface area contributed by atoms with Gasteiger partial charge in [0.1, 0.15) is 5.75 Å². The molecule has 1 N–H and O–H groups in total. The van der Waals surface area contributed by atoms with Gasteiger partial charge in [0.15, 0.2) is 0 Å². The van der Waals surface area contributed by atoms with Crippen LogP contribution in [0.4, 0.5) is 4.79 Å². The van der Waals surface area contributed by atoms with Gasteiger partial charge in [0, 0.05) is 20.1 Å². The van der Waals surface area contributed by atoms with Gasteiger partial charge in [-0.15, -0.1) is 0 Å². The SMILES string of the molecule is Cc1cccc(OCCCNC(=O)N(C)Cc2ccsc2)c1. The van der Waals surface area contributed by atoms with Crippen molar-refractivity contribution in [3.8, 4) is 5.75 Å². The van der Waals surface area contributed by atoms with Crippen LogP contribution in [0.1, 0.15) is 17.5 Å². The number of hydrogen-bond acceptors (Lipinski definition) is 3. The molecule has 2 rings (SSSR count). The van der Waals surface area contributed by atoms with E-state index in [1.54, 1.807) is 23.3 Å². The highest BCUT2D eigenvalue weighted by atomic mass is 32.1. The third-order valence-electron chi connectivity index (χ3n) is 3.20. The molecule has 1 aromatic carbocycles. The van der Waals surface area contributed by atoms with Crippen LogP contribution >= 0.6 is 11.3 Å². The summed E-state index contributed by atoms with van der Waals surface area (Å²) in [6, 6.07) is 9.95. The first kappa shape index (κ1) is 16.4. The van der Waals surface area contributed by atoms with E-state index in [-0.39, 0.29) is 6.03 Å². The third-order valence-corrected chi connectivity index (χ3v) is 3.93. The molecule has 0 saturated carbocycles. The standard InChI is InChI=1S/C17H22N2O2S/c1-14-5-3-6-16(11-14)21-9-4-8-18-17(20)19(2)12-15-7-10-22-13-15/h3,5-7,10-11,13H,4,8-9,12H2,1-2H3,(H,18,20). The second-order valence-corrected chi connectivity index (χ2v) is 6.02. The number of aryl methyl sites for hydroxylation is 1. The van der Waals surface area contributed by atoms with E-state index in [1.807, 2.05) is 42.6 Å². The van der Waals surface area contributed by atoms with Crippen molar-refractivity contribution in [1.82, 2.24) is 10.2 Å². The van der Waals surface area contributed by atoms with E-state index < -0.39 is 0 Å². The van der Waals surface area contributed by atoms with Crippen molar-refractivity contribution in [2.45, 2.75) is 19.9 Å².